The number of hydrogen-bond acceptors (Lipinski definition) is 3. The number of benzene rings is 1. The van der Waals surface area contributed by atoms with Crippen LogP contribution in [0.25, 0.3) is 5.69 Å². The highest BCUT2D eigenvalue weighted by molar-refractivity contribution is 5.94. The first-order valence-corrected chi connectivity index (χ1v) is 5.94. The molecule has 0 saturated heterocycles. The van der Waals surface area contributed by atoms with Crippen LogP contribution >= 0.6 is 0 Å². The Morgan fingerprint density at radius 1 is 1.28 bits per heavy atom. The van der Waals surface area contributed by atoms with Gasteiger partial charge in [-0.15, -0.1) is 0 Å². The molecule has 0 aliphatic heterocycles. The van der Waals surface area contributed by atoms with Gasteiger partial charge < -0.3 is 4.74 Å². The largest absolute Gasteiger partial charge is 0.385 e. The molecule has 0 saturated carbocycles. The van der Waals surface area contributed by atoms with Gasteiger partial charge in [-0.1, -0.05) is 18.2 Å². The second-order valence-electron chi connectivity index (χ2n) is 4.00. The average molecular weight is 244 g/mol. The molecule has 0 aliphatic rings. The van der Waals surface area contributed by atoms with Crippen LogP contribution in [0.2, 0.25) is 0 Å². The molecular weight excluding hydrogens is 228 g/mol. The minimum atomic E-state index is 0.0572. The van der Waals surface area contributed by atoms with Crippen LogP contribution in [-0.4, -0.2) is 29.3 Å². The van der Waals surface area contributed by atoms with Gasteiger partial charge in [0.25, 0.3) is 0 Å². The van der Waals surface area contributed by atoms with Gasteiger partial charge in [0, 0.05) is 26.3 Å². The molecule has 0 aliphatic carbocycles. The molecule has 0 spiro atoms. The van der Waals surface area contributed by atoms with Gasteiger partial charge in [0.05, 0.1) is 5.69 Å². The molecule has 0 radical (unpaired) electrons. The lowest BCUT2D eigenvalue weighted by Crippen LogP contribution is -2.04. The minimum Gasteiger partial charge on any atom is -0.385 e. The van der Waals surface area contributed by atoms with Crippen molar-refractivity contribution in [3.63, 3.8) is 0 Å². The van der Waals surface area contributed by atoms with Gasteiger partial charge in [0.2, 0.25) is 0 Å². The Balaban J connectivity index is 2.04. The predicted octanol–water partition coefficient (Wildman–Crippen LogP) is 2.48. The topological polar surface area (TPSA) is 44.1 Å². The summed E-state index contributed by atoms with van der Waals surface area (Å²) in [6, 6.07) is 11.5. The summed E-state index contributed by atoms with van der Waals surface area (Å²) < 4.78 is 6.64. The normalized spacial score (nSPS) is 10.5. The summed E-state index contributed by atoms with van der Waals surface area (Å²) in [4.78, 5) is 11.8. The number of nitrogens with zero attached hydrogens (tertiary/aromatic N) is 2. The highest BCUT2D eigenvalue weighted by atomic mass is 16.5. The number of aromatic nitrogens is 2. The summed E-state index contributed by atoms with van der Waals surface area (Å²) in [5, 5.41) is 4.29. The molecule has 1 heterocycles. The number of rotatable bonds is 6. The monoisotopic (exact) mass is 244 g/mol. The van der Waals surface area contributed by atoms with E-state index in [0.717, 1.165) is 12.1 Å². The van der Waals surface area contributed by atoms with Crippen LogP contribution in [0.15, 0.2) is 42.6 Å². The van der Waals surface area contributed by atoms with Gasteiger partial charge in [-0.25, -0.2) is 4.68 Å². The van der Waals surface area contributed by atoms with Crippen LogP contribution in [0.5, 0.6) is 0 Å². The third-order valence-electron chi connectivity index (χ3n) is 2.65. The van der Waals surface area contributed by atoms with E-state index >= 15 is 0 Å². The molecule has 0 amide bonds. The minimum absolute atomic E-state index is 0.0572. The summed E-state index contributed by atoms with van der Waals surface area (Å²) >= 11 is 0. The van der Waals surface area contributed by atoms with E-state index in [4.69, 9.17) is 4.74 Å². The van der Waals surface area contributed by atoms with Gasteiger partial charge in [-0.05, 0) is 24.6 Å². The van der Waals surface area contributed by atoms with Crippen molar-refractivity contribution in [2.75, 3.05) is 13.7 Å². The molecule has 0 atom stereocenters. The standard InChI is InChI=1S/C14H16N2O2/c1-18-11-5-8-14(17)13-9-10-16(15-13)12-6-3-2-4-7-12/h2-4,6-7,9-10H,5,8,11H2,1H3. The van der Waals surface area contributed by atoms with Gasteiger partial charge in [0.1, 0.15) is 5.69 Å². The molecule has 18 heavy (non-hydrogen) atoms. The molecule has 0 fully saturated rings. The van der Waals surface area contributed by atoms with Crippen molar-refractivity contribution in [3.8, 4) is 5.69 Å². The maximum absolute atomic E-state index is 11.8. The van der Waals surface area contributed by atoms with Crippen LogP contribution in [-0.2, 0) is 4.74 Å². The van der Waals surface area contributed by atoms with E-state index in [1.165, 1.54) is 0 Å². The molecule has 0 N–H and O–H groups in total. The van der Waals surface area contributed by atoms with Crippen LogP contribution in [0.3, 0.4) is 0 Å². The molecule has 4 heteroatoms. The Bertz CT molecular complexity index is 506. The number of ketones is 1. The van der Waals surface area contributed by atoms with E-state index in [0.29, 0.717) is 18.7 Å². The van der Waals surface area contributed by atoms with Gasteiger partial charge in [-0.3, -0.25) is 4.79 Å². The van der Waals surface area contributed by atoms with Crippen molar-refractivity contribution < 1.29 is 9.53 Å². The Labute approximate surface area is 106 Å². The lowest BCUT2D eigenvalue weighted by molar-refractivity contribution is 0.0958. The smallest absolute Gasteiger partial charge is 0.183 e. The van der Waals surface area contributed by atoms with E-state index in [2.05, 4.69) is 5.10 Å². The molecule has 94 valence electrons. The zero-order valence-corrected chi connectivity index (χ0v) is 10.4. The molecule has 1 aromatic carbocycles. The Hall–Kier alpha value is -1.94. The molecule has 1 aromatic heterocycles. The zero-order valence-electron chi connectivity index (χ0n) is 10.4. The highest BCUT2D eigenvalue weighted by Crippen LogP contribution is 2.08. The second-order valence-corrected chi connectivity index (χ2v) is 4.00. The SMILES string of the molecule is COCCCC(=O)c1ccn(-c2ccccc2)n1. The predicted molar refractivity (Wildman–Crippen MR) is 69.0 cm³/mol. The van der Waals surface area contributed by atoms with E-state index in [9.17, 15) is 4.79 Å². The summed E-state index contributed by atoms with van der Waals surface area (Å²) in [5.41, 5.74) is 1.46. The molecule has 0 bridgehead atoms. The van der Waals surface area contributed by atoms with Crippen molar-refractivity contribution in [1.29, 1.82) is 0 Å². The summed E-state index contributed by atoms with van der Waals surface area (Å²) in [6.45, 7) is 0.602. The van der Waals surface area contributed by atoms with E-state index < -0.39 is 0 Å². The van der Waals surface area contributed by atoms with E-state index in [-0.39, 0.29) is 5.78 Å². The maximum Gasteiger partial charge on any atom is 0.183 e. The van der Waals surface area contributed by atoms with Crippen LogP contribution < -0.4 is 0 Å². The quantitative estimate of drug-likeness (QED) is 0.579. The molecule has 2 rings (SSSR count). The fraction of sp³-hybridized carbons (Fsp3) is 0.286. The molecular formula is C14H16N2O2. The van der Waals surface area contributed by atoms with Gasteiger partial charge >= 0.3 is 0 Å². The maximum atomic E-state index is 11.8. The Kier molecular flexibility index (Phi) is 4.25. The van der Waals surface area contributed by atoms with Crippen molar-refractivity contribution in [2.24, 2.45) is 0 Å². The lowest BCUT2D eigenvalue weighted by atomic mass is 10.2. The number of methoxy groups -OCH3 is 1. The first-order valence-electron chi connectivity index (χ1n) is 5.94. The van der Waals surface area contributed by atoms with E-state index in [1.807, 2.05) is 30.3 Å². The number of hydrogen-bond donors (Lipinski definition) is 0. The van der Waals surface area contributed by atoms with Gasteiger partial charge in [-0.2, -0.15) is 5.10 Å². The van der Waals surface area contributed by atoms with Crippen LogP contribution in [0.4, 0.5) is 0 Å². The second kappa shape index (κ2) is 6.12. The summed E-state index contributed by atoms with van der Waals surface area (Å²) in [7, 11) is 1.63. The van der Waals surface area contributed by atoms with Crippen LogP contribution in [0.1, 0.15) is 23.3 Å². The summed E-state index contributed by atoms with van der Waals surface area (Å²) in [5.74, 6) is 0.0572. The lowest BCUT2D eigenvalue weighted by Gasteiger charge is -2.00. The fourth-order valence-electron chi connectivity index (χ4n) is 1.70. The number of carbonyl (C=O) groups is 1. The van der Waals surface area contributed by atoms with Crippen LogP contribution in [0, 0.1) is 0 Å². The number of ether oxygens (including phenoxy) is 1. The number of Topliss-reactive ketones (excluding diaryl/α,β-unsaturated/α-hetero) is 1. The summed E-state index contributed by atoms with van der Waals surface area (Å²) in [6.07, 6.45) is 3.01. The molecule has 0 unspecified atom stereocenters. The highest BCUT2D eigenvalue weighted by Gasteiger charge is 2.09. The van der Waals surface area contributed by atoms with Crippen molar-refractivity contribution in [2.45, 2.75) is 12.8 Å². The van der Waals surface area contributed by atoms with Crippen molar-refractivity contribution in [1.82, 2.24) is 9.78 Å². The average Bonchev–Trinajstić information content (AvgIpc) is 2.89. The Morgan fingerprint density at radius 2 is 2.06 bits per heavy atom. The first kappa shape index (κ1) is 12.5. The fourth-order valence-corrected chi connectivity index (χ4v) is 1.70. The first-order chi connectivity index (χ1) is 8.81. The third-order valence-corrected chi connectivity index (χ3v) is 2.65. The van der Waals surface area contributed by atoms with Crippen molar-refractivity contribution >= 4 is 5.78 Å². The number of para-hydroxylation sites is 1. The zero-order chi connectivity index (χ0) is 12.8. The Morgan fingerprint density at radius 3 is 2.78 bits per heavy atom. The van der Waals surface area contributed by atoms with Crippen molar-refractivity contribution in [3.05, 3.63) is 48.3 Å². The molecule has 2 aromatic rings. The third kappa shape index (κ3) is 3.05. The van der Waals surface area contributed by atoms with Gasteiger partial charge in [0.15, 0.2) is 5.78 Å². The number of carbonyl (C=O) groups excluding carboxylic acids is 1. The van der Waals surface area contributed by atoms with E-state index in [1.54, 1.807) is 24.1 Å². The molecule has 4 nitrogen and oxygen atoms in total.